The van der Waals surface area contributed by atoms with Crippen LogP contribution in [0.3, 0.4) is 0 Å². The Hall–Kier alpha value is -1.09. The zero-order valence-corrected chi connectivity index (χ0v) is 9.02. The maximum absolute atomic E-state index is 13.4. The highest BCUT2D eigenvalue weighted by atomic mass is 35.5. The Labute approximate surface area is 93.2 Å². The molecule has 0 aliphatic carbocycles. The highest BCUT2D eigenvalue weighted by molar-refractivity contribution is 6.31. The number of benzene rings is 1. The summed E-state index contributed by atoms with van der Waals surface area (Å²) in [5.41, 5.74) is 0.579. The summed E-state index contributed by atoms with van der Waals surface area (Å²) in [6.07, 6.45) is 1.32. The first-order valence-corrected chi connectivity index (χ1v) is 5.35. The van der Waals surface area contributed by atoms with Crippen LogP contribution in [-0.4, -0.2) is 18.9 Å². The number of nitrogens with one attached hydrogen (secondary N) is 1. The van der Waals surface area contributed by atoms with Gasteiger partial charge in [0.05, 0.1) is 12.4 Å². The summed E-state index contributed by atoms with van der Waals surface area (Å²) in [6.45, 7) is 1.71. The van der Waals surface area contributed by atoms with E-state index in [1.54, 1.807) is 12.1 Å². The van der Waals surface area contributed by atoms with Gasteiger partial charge in [0.25, 0.3) is 0 Å². The molecule has 0 aromatic heterocycles. The van der Waals surface area contributed by atoms with E-state index in [1.807, 2.05) is 0 Å². The van der Waals surface area contributed by atoms with Crippen LogP contribution < -0.4 is 5.32 Å². The lowest BCUT2D eigenvalue weighted by Crippen LogP contribution is -2.19. The Morgan fingerprint density at radius 2 is 2.27 bits per heavy atom. The van der Waals surface area contributed by atoms with Crippen molar-refractivity contribution in [1.82, 2.24) is 5.32 Å². The molecule has 1 aromatic rings. The van der Waals surface area contributed by atoms with Crippen LogP contribution >= 0.6 is 11.6 Å². The molecular formula is C11H12ClFN2. The Balaban J connectivity index is 2.04. The fraction of sp³-hybridized carbons (Fsp3) is 0.364. The first-order valence-electron chi connectivity index (χ1n) is 4.97. The van der Waals surface area contributed by atoms with E-state index in [9.17, 15) is 4.39 Å². The van der Waals surface area contributed by atoms with Crippen LogP contribution in [-0.2, 0) is 6.42 Å². The van der Waals surface area contributed by atoms with Crippen molar-refractivity contribution in [3.8, 4) is 0 Å². The third-order valence-corrected chi connectivity index (χ3v) is 2.77. The summed E-state index contributed by atoms with van der Waals surface area (Å²) >= 11 is 5.91. The summed E-state index contributed by atoms with van der Waals surface area (Å²) in [5, 5.41) is 3.64. The topological polar surface area (TPSA) is 24.4 Å². The average molecular weight is 227 g/mol. The number of halogens is 2. The summed E-state index contributed by atoms with van der Waals surface area (Å²) < 4.78 is 13.4. The molecule has 0 spiro atoms. The second-order valence-corrected chi connectivity index (χ2v) is 3.86. The van der Waals surface area contributed by atoms with Gasteiger partial charge in [0, 0.05) is 23.6 Å². The Morgan fingerprint density at radius 1 is 1.40 bits per heavy atom. The van der Waals surface area contributed by atoms with Crippen LogP contribution in [0.1, 0.15) is 12.0 Å². The summed E-state index contributed by atoms with van der Waals surface area (Å²) in [6, 6.07) is 4.77. The van der Waals surface area contributed by atoms with Gasteiger partial charge < -0.3 is 5.32 Å². The molecule has 15 heavy (non-hydrogen) atoms. The molecule has 0 saturated heterocycles. The molecule has 2 rings (SSSR count). The second kappa shape index (κ2) is 4.62. The largest absolute Gasteiger partial charge is 0.372 e. The van der Waals surface area contributed by atoms with Crippen molar-refractivity contribution in [1.29, 1.82) is 0 Å². The fourth-order valence-corrected chi connectivity index (χ4v) is 1.89. The van der Waals surface area contributed by atoms with Gasteiger partial charge in [-0.2, -0.15) is 0 Å². The van der Waals surface area contributed by atoms with E-state index in [1.165, 1.54) is 6.07 Å². The molecule has 0 atom stereocenters. The predicted molar refractivity (Wildman–Crippen MR) is 60.0 cm³/mol. The van der Waals surface area contributed by atoms with Crippen molar-refractivity contribution in [3.63, 3.8) is 0 Å². The number of rotatable bonds is 3. The molecule has 0 saturated carbocycles. The average Bonchev–Trinajstić information content (AvgIpc) is 2.70. The van der Waals surface area contributed by atoms with Gasteiger partial charge in [0.2, 0.25) is 0 Å². The van der Waals surface area contributed by atoms with E-state index in [0.717, 1.165) is 25.3 Å². The van der Waals surface area contributed by atoms with Gasteiger partial charge in [0.1, 0.15) is 5.82 Å². The van der Waals surface area contributed by atoms with E-state index in [2.05, 4.69) is 10.3 Å². The number of nitrogens with zero attached hydrogens (tertiary/aromatic N) is 1. The van der Waals surface area contributed by atoms with Gasteiger partial charge in [0.15, 0.2) is 0 Å². The van der Waals surface area contributed by atoms with Crippen molar-refractivity contribution in [2.75, 3.05) is 13.1 Å². The first kappa shape index (κ1) is 10.4. The van der Waals surface area contributed by atoms with Crippen molar-refractivity contribution in [3.05, 3.63) is 34.6 Å². The minimum absolute atomic E-state index is 0.235. The molecule has 0 unspecified atom stereocenters. The van der Waals surface area contributed by atoms with Crippen LogP contribution in [0.5, 0.6) is 0 Å². The summed E-state index contributed by atoms with van der Waals surface area (Å²) in [7, 11) is 0. The molecule has 0 radical (unpaired) electrons. The highest BCUT2D eigenvalue weighted by Crippen LogP contribution is 2.20. The lowest BCUT2D eigenvalue weighted by molar-refractivity contribution is 0.610. The van der Waals surface area contributed by atoms with E-state index >= 15 is 0 Å². The molecule has 1 aromatic carbocycles. The molecular weight excluding hydrogens is 215 g/mol. The maximum Gasteiger partial charge on any atom is 0.127 e. The fourth-order valence-electron chi connectivity index (χ4n) is 1.63. The van der Waals surface area contributed by atoms with E-state index < -0.39 is 0 Å². The second-order valence-electron chi connectivity index (χ2n) is 3.46. The molecule has 1 aliphatic rings. The molecule has 4 heteroatoms. The minimum Gasteiger partial charge on any atom is -0.372 e. The van der Waals surface area contributed by atoms with Gasteiger partial charge in [-0.3, -0.25) is 4.99 Å². The Bertz CT molecular complexity index is 370. The third kappa shape index (κ3) is 2.48. The monoisotopic (exact) mass is 226 g/mol. The van der Waals surface area contributed by atoms with Crippen molar-refractivity contribution in [2.45, 2.75) is 12.8 Å². The minimum atomic E-state index is -0.235. The number of aliphatic imine (C=N–C) groups is 1. The van der Waals surface area contributed by atoms with Crippen molar-refractivity contribution < 1.29 is 4.39 Å². The molecule has 0 fully saturated rings. The lowest BCUT2D eigenvalue weighted by Gasteiger charge is -2.05. The number of hydrogen-bond donors (Lipinski definition) is 1. The molecule has 1 heterocycles. The zero-order chi connectivity index (χ0) is 10.7. The first-order chi connectivity index (χ1) is 7.27. The van der Waals surface area contributed by atoms with Crippen LogP contribution in [0.25, 0.3) is 0 Å². The molecule has 0 amide bonds. The quantitative estimate of drug-likeness (QED) is 0.841. The SMILES string of the molecule is Fc1cccc(Cl)c1CCC1=NCCN1. The van der Waals surface area contributed by atoms with Gasteiger partial charge in [-0.05, 0) is 18.6 Å². The van der Waals surface area contributed by atoms with Gasteiger partial charge >= 0.3 is 0 Å². The molecule has 1 aliphatic heterocycles. The Morgan fingerprint density at radius 3 is 2.93 bits per heavy atom. The number of amidine groups is 1. The summed E-state index contributed by atoms with van der Waals surface area (Å²) in [4.78, 5) is 4.25. The van der Waals surface area contributed by atoms with Crippen LogP contribution in [0.2, 0.25) is 5.02 Å². The van der Waals surface area contributed by atoms with Gasteiger partial charge in [-0.1, -0.05) is 17.7 Å². The van der Waals surface area contributed by atoms with E-state index in [-0.39, 0.29) is 5.82 Å². The number of hydrogen-bond acceptors (Lipinski definition) is 2. The van der Waals surface area contributed by atoms with Crippen LogP contribution in [0.15, 0.2) is 23.2 Å². The van der Waals surface area contributed by atoms with Crippen LogP contribution in [0.4, 0.5) is 4.39 Å². The van der Waals surface area contributed by atoms with Crippen molar-refractivity contribution >= 4 is 17.4 Å². The normalized spacial score (nSPS) is 14.9. The zero-order valence-electron chi connectivity index (χ0n) is 8.26. The highest BCUT2D eigenvalue weighted by Gasteiger charge is 2.10. The molecule has 0 bridgehead atoms. The van der Waals surface area contributed by atoms with Crippen molar-refractivity contribution in [2.24, 2.45) is 4.99 Å². The predicted octanol–water partition coefficient (Wildman–Crippen LogP) is 2.41. The van der Waals surface area contributed by atoms with E-state index in [4.69, 9.17) is 11.6 Å². The lowest BCUT2D eigenvalue weighted by atomic mass is 10.1. The Kier molecular flexibility index (Phi) is 3.21. The van der Waals surface area contributed by atoms with Gasteiger partial charge in [-0.25, -0.2) is 4.39 Å². The smallest absolute Gasteiger partial charge is 0.127 e. The molecule has 2 nitrogen and oxygen atoms in total. The van der Waals surface area contributed by atoms with E-state index in [0.29, 0.717) is 17.0 Å². The third-order valence-electron chi connectivity index (χ3n) is 2.42. The van der Waals surface area contributed by atoms with Crippen LogP contribution in [0, 0.1) is 5.82 Å². The maximum atomic E-state index is 13.4. The molecule has 80 valence electrons. The molecule has 1 N–H and O–H groups in total. The van der Waals surface area contributed by atoms with Gasteiger partial charge in [-0.15, -0.1) is 0 Å². The standard InChI is InChI=1S/C11H12ClFN2/c12-9-2-1-3-10(13)8(9)4-5-11-14-6-7-15-11/h1-3H,4-7H2,(H,14,15). The summed E-state index contributed by atoms with van der Waals surface area (Å²) in [5.74, 6) is 0.718.